The Kier molecular flexibility index (Phi) is 4.54. The zero-order valence-electron chi connectivity index (χ0n) is 11.3. The molecule has 0 aromatic rings. The van der Waals surface area contributed by atoms with Gasteiger partial charge in [0.05, 0.1) is 7.11 Å². The predicted molar refractivity (Wildman–Crippen MR) is 65.4 cm³/mol. The van der Waals surface area contributed by atoms with E-state index in [0.717, 1.165) is 25.7 Å². The van der Waals surface area contributed by atoms with Crippen molar-refractivity contribution in [1.82, 2.24) is 4.90 Å². The molecule has 1 amide bonds. The molecule has 0 aromatic heterocycles. The number of amides is 1. The molecule has 1 rings (SSSR count). The molecule has 4 nitrogen and oxygen atoms in total. The molecule has 1 saturated carbocycles. The molecule has 17 heavy (non-hydrogen) atoms. The maximum atomic E-state index is 12.3. The van der Waals surface area contributed by atoms with Crippen molar-refractivity contribution < 1.29 is 14.3 Å². The molecule has 0 bridgehead atoms. The minimum Gasteiger partial charge on any atom is -0.468 e. The van der Waals surface area contributed by atoms with Crippen LogP contribution in [0.5, 0.6) is 0 Å². The fourth-order valence-corrected chi connectivity index (χ4v) is 2.22. The third-order valence-electron chi connectivity index (χ3n) is 3.20. The minimum atomic E-state index is -0.448. The number of methoxy groups -OCH3 is 1. The van der Waals surface area contributed by atoms with Crippen molar-refractivity contribution >= 4 is 11.9 Å². The largest absolute Gasteiger partial charge is 0.468 e. The Morgan fingerprint density at radius 3 is 2.18 bits per heavy atom. The molecule has 0 unspecified atom stereocenters. The van der Waals surface area contributed by atoms with Gasteiger partial charge in [-0.05, 0) is 12.8 Å². The van der Waals surface area contributed by atoms with E-state index in [4.69, 9.17) is 0 Å². The summed E-state index contributed by atoms with van der Waals surface area (Å²) < 4.78 is 4.67. The Balaban J connectivity index is 2.78. The summed E-state index contributed by atoms with van der Waals surface area (Å²) in [4.78, 5) is 25.4. The van der Waals surface area contributed by atoms with Gasteiger partial charge in [-0.2, -0.15) is 0 Å². The molecule has 1 aliphatic carbocycles. The first-order valence-corrected chi connectivity index (χ1v) is 6.24. The summed E-state index contributed by atoms with van der Waals surface area (Å²) in [6, 6.07) is 0.209. The first-order valence-electron chi connectivity index (χ1n) is 6.24. The van der Waals surface area contributed by atoms with Gasteiger partial charge in [-0.1, -0.05) is 33.6 Å². The van der Waals surface area contributed by atoms with E-state index in [1.54, 1.807) is 4.90 Å². The van der Waals surface area contributed by atoms with Gasteiger partial charge in [0, 0.05) is 11.5 Å². The lowest BCUT2D eigenvalue weighted by atomic mass is 9.93. The van der Waals surface area contributed by atoms with Crippen LogP contribution in [0.1, 0.15) is 46.5 Å². The molecule has 0 N–H and O–H groups in total. The zero-order chi connectivity index (χ0) is 13.1. The standard InChI is InChI=1S/C13H23NO3/c1-13(2,3)12(16)14(9-11(15)17-4)10-7-5-6-8-10/h10H,5-9H2,1-4H3. The van der Waals surface area contributed by atoms with Crippen molar-refractivity contribution in [2.45, 2.75) is 52.5 Å². The summed E-state index contributed by atoms with van der Waals surface area (Å²) in [5, 5.41) is 0. The summed E-state index contributed by atoms with van der Waals surface area (Å²) >= 11 is 0. The molecule has 98 valence electrons. The van der Waals surface area contributed by atoms with E-state index < -0.39 is 5.41 Å². The van der Waals surface area contributed by atoms with E-state index in [0.29, 0.717) is 0 Å². The number of carbonyl (C=O) groups excluding carboxylic acids is 2. The maximum Gasteiger partial charge on any atom is 0.325 e. The molecule has 0 saturated heterocycles. The molecule has 1 aliphatic rings. The molecule has 0 spiro atoms. The van der Waals surface area contributed by atoms with Gasteiger partial charge in [0.25, 0.3) is 0 Å². The average molecular weight is 241 g/mol. The second-order valence-electron chi connectivity index (χ2n) is 5.70. The highest BCUT2D eigenvalue weighted by Crippen LogP contribution is 2.27. The number of hydrogen-bond acceptors (Lipinski definition) is 3. The van der Waals surface area contributed by atoms with E-state index in [9.17, 15) is 9.59 Å². The Labute approximate surface area is 103 Å². The van der Waals surface area contributed by atoms with Crippen LogP contribution in [0.2, 0.25) is 0 Å². The van der Waals surface area contributed by atoms with Crippen LogP contribution in [0.15, 0.2) is 0 Å². The molecular weight excluding hydrogens is 218 g/mol. The van der Waals surface area contributed by atoms with Crippen LogP contribution in [-0.4, -0.2) is 36.5 Å². The Hall–Kier alpha value is -1.06. The summed E-state index contributed by atoms with van der Waals surface area (Å²) in [5.74, 6) is -0.302. The fourth-order valence-electron chi connectivity index (χ4n) is 2.22. The summed E-state index contributed by atoms with van der Waals surface area (Å²) in [6.45, 7) is 5.73. The van der Waals surface area contributed by atoms with Crippen LogP contribution in [0, 0.1) is 5.41 Å². The highest BCUT2D eigenvalue weighted by Gasteiger charge is 2.34. The summed E-state index contributed by atoms with van der Waals surface area (Å²) in [7, 11) is 1.36. The van der Waals surface area contributed by atoms with Crippen molar-refractivity contribution in [3.8, 4) is 0 Å². The van der Waals surface area contributed by atoms with Crippen LogP contribution >= 0.6 is 0 Å². The van der Waals surface area contributed by atoms with Crippen molar-refractivity contribution in [3.05, 3.63) is 0 Å². The molecule has 0 aromatic carbocycles. The van der Waals surface area contributed by atoms with Crippen LogP contribution < -0.4 is 0 Å². The van der Waals surface area contributed by atoms with Gasteiger partial charge in [-0.25, -0.2) is 0 Å². The van der Waals surface area contributed by atoms with Crippen LogP contribution in [-0.2, 0) is 14.3 Å². The van der Waals surface area contributed by atoms with E-state index in [1.165, 1.54) is 7.11 Å². The SMILES string of the molecule is COC(=O)CN(C(=O)C(C)(C)C)C1CCCC1. The van der Waals surface area contributed by atoms with Crippen molar-refractivity contribution in [2.24, 2.45) is 5.41 Å². The number of esters is 1. The first-order chi connectivity index (χ1) is 7.86. The minimum absolute atomic E-state index is 0.0369. The number of ether oxygens (including phenoxy) is 1. The van der Waals surface area contributed by atoms with Gasteiger partial charge < -0.3 is 9.64 Å². The lowest BCUT2D eigenvalue weighted by Gasteiger charge is -2.33. The Morgan fingerprint density at radius 2 is 1.76 bits per heavy atom. The van der Waals surface area contributed by atoms with Crippen molar-refractivity contribution in [3.63, 3.8) is 0 Å². The van der Waals surface area contributed by atoms with Gasteiger partial charge in [-0.3, -0.25) is 9.59 Å². The molecule has 0 atom stereocenters. The highest BCUT2D eigenvalue weighted by molar-refractivity contribution is 5.85. The maximum absolute atomic E-state index is 12.3. The van der Waals surface area contributed by atoms with Gasteiger partial charge in [-0.15, -0.1) is 0 Å². The lowest BCUT2D eigenvalue weighted by Crippen LogP contribution is -2.47. The van der Waals surface area contributed by atoms with Gasteiger partial charge in [0.15, 0.2) is 0 Å². The van der Waals surface area contributed by atoms with Gasteiger partial charge in [0.1, 0.15) is 6.54 Å². The number of carbonyl (C=O) groups is 2. The fraction of sp³-hybridized carbons (Fsp3) is 0.846. The smallest absolute Gasteiger partial charge is 0.325 e. The molecule has 0 heterocycles. The van der Waals surface area contributed by atoms with Crippen LogP contribution in [0.3, 0.4) is 0 Å². The molecule has 4 heteroatoms. The van der Waals surface area contributed by atoms with Crippen molar-refractivity contribution in [1.29, 1.82) is 0 Å². The Morgan fingerprint density at radius 1 is 1.24 bits per heavy atom. The summed E-state index contributed by atoms with van der Waals surface area (Å²) in [5.41, 5.74) is -0.448. The van der Waals surface area contributed by atoms with Crippen LogP contribution in [0.25, 0.3) is 0 Å². The number of rotatable bonds is 3. The van der Waals surface area contributed by atoms with Gasteiger partial charge in [0.2, 0.25) is 5.91 Å². The zero-order valence-corrected chi connectivity index (χ0v) is 11.3. The third-order valence-corrected chi connectivity index (χ3v) is 3.20. The van der Waals surface area contributed by atoms with E-state index >= 15 is 0 Å². The molecular formula is C13H23NO3. The highest BCUT2D eigenvalue weighted by atomic mass is 16.5. The molecule has 0 aliphatic heterocycles. The van der Waals surface area contributed by atoms with Crippen molar-refractivity contribution in [2.75, 3.05) is 13.7 Å². The van der Waals surface area contributed by atoms with Gasteiger partial charge >= 0.3 is 5.97 Å². The number of hydrogen-bond donors (Lipinski definition) is 0. The summed E-state index contributed by atoms with van der Waals surface area (Å²) in [6.07, 6.45) is 4.27. The monoisotopic (exact) mass is 241 g/mol. The normalized spacial score (nSPS) is 16.9. The topological polar surface area (TPSA) is 46.6 Å². The second-order valence-corrected chi connectivity index (χ2v) is 5.70. The lowest BCUT2D eigenvalue weighted by molar-refractivity contribution is -0.152. The van der Waals surface area contributed by atoms with Crippen LogP contribution in [0.4, 0.5) is 0 Å². The second kappa shape index (κ2) is 5.52. The average Bonchev–Trinajstić information content (AvgIpc) is 2.76. The molecule has 0 radical (unpaired) electrons. The third kappa shape index (κ3) is 3.72. The molecule has 1 fully saturated rings. The first kappa shape index (κ1) is 14.0. The Bertz CT molecular complexity index is 288. The number of nitrogens with zero attached hydrogens (tertiary/aromatic N) is 1. The van der Waals surface area contributed by atoms with E-state index in [-0.39, 0.29) is 24.5 Å². The predicted octanol–water partition coefficient (Wildman–Crippen LogP) is 1.98. The van der Waals surface area contributed by atoms with E-state index in [1.807, 2.05) is 20.8 Å². The quantitative estimate of drug-likeness (QED) is 0.710. The van der Waals surface area contributed by atoms with E-state index in [2.05, 4.69) is 4.74 Å².